The molecule has 0 radical (unpaired) electrons. The summed E-state index contributed by atoms with van der Waals surface area (Å²) in [7, 11) is -2.53. The van der Waals surface area contributed by atoms with Gasteiger partial charge in [-0.15, -0.1) is 0 Å². The van der Waals surface area contributed by atoms with Crippen LogP contribution in [0.5, 0.6) is 5.75 Å². The maximum atomic E-state index is 12.6. The second kappa shape index (κ2) is 9.91. The van der Waals surface area contributed by atoms with Gasteiger partial charge in [-0.25, -0.2) is 8.42 Å². The lowest BCUT2D eigenvalue weighted by atomic mass is 10.00. The van der Waals surface area contributed by atoms with Gasteiger partial charge in [0.2, 0.25) is 10.0 Å². The van der Waals surface area contributed by atoms with E-state index in [1.54, 1.807) is 13.8 Å². The summed E-state index contributed by atoms with van der Waals surface area (Å²) in [6, 6.07) is 6.66. The van der Waals surface area contributed by atoms with Crippen LogP contribution in [-0.2, 0) is 24.3 Å². The van der Waals surface area contributed by atoms with Crippen molar-refractivity contribution in [3.05, 3.63) is 24.3 Å². The Morgan fingerprint density at radius 3 is 2.30 bits per heavy atom. The molecule has 9 nitrogen and oxygen atoms in total. The minimum atomic E-state index is -4.00. The topological polar surface area (TPSA) is 135 Å². The summed E-state index contributed by atoms with van der Waals surface area (Å²) >= 11 is 0. The molecule has 1 amide bonds. The van der Waals surface area contributed by atoms with Crippen molar-refractivity contribution in [3.63, 3.8) is 0 Å². The van der Waals surface area contributed by atoms with E-state index in [4.69, 9.17) is 9.47 Å². The van der Waals surface area contributed by atoms with Crippen LogP contribution in [-0.4, -0.2) is 45.6 Å². The molecule has 0 saturated heterocycles. The van der Waals surface area contributed by atoms with Crippen molar-refractivity contribution in [2.24, 2.45) is 5.92 Å². The minimum Gasteiger partial charge on any atom is -0.497 e. The first-order chi connectivity index (χ1) is 14.1. The minimum absolute atomic E-state index is 0.0308. The number of methoxy groups -OCH3 is 1. The molecule has 30 heavy (non-hydrogen) atoms. The molecule has 0 aliphatic heterocycles. The Balaban J connectivity index is 2.00. The van der Waals surface area contributed by atoms with Crippen LogP contribution in [0.1, 0.15) is 39.5 Å². The highest BCUT2D eigenvalue weighted by atomic mass is 32.2. The molecule has 0 aromatic heterocycles. The molecule has 0 bridgehead atoms. The lowest BCUT2D eigenvalue weighted by Gasteiger charge is -2.23. The van der Waals surface area contributed by atoms with E-state index in [2.05, 4.69) is 16.1 Å². The van der Waals surface area contributed by atoms with Gasteiger partial charge in [-0.2, -0.15) is 9.98 Å². The fraction of sp³-hybridized carbons (Fsp3) is 0.550. The van der Waals surface area contributed by atoms with Crippen LogP contribution in [0.15, 0.2) is 29.2 Å². The van der Waals surface area contributed by atoms with Crippen LogP contribution in [0.4, 0.5) is 0 Å². The first-order valence-corrected chi connectivity index (χ1v) is 11.2. The van der Waals surface area contributed by atoms with Crippen LogP contribution < -0.4 is 14.8 Å². The van der Waals surface area contributed by atoms with Gasteiger partial charge >= 0.3 is 5.97 Å². The fourth-order valence-electron chi connectivity index (χ4n) is 3.22. The predicted octanol–water partition coefficient (Wildman–Crippen LogP) is 1.49. The number of hydrogen-bond donors (Lipinski definition) is 2. The lowest BCUT2D eigenvalue weighted by molar-refractivity contribution is -0.151. The lowest BCUT2D eigenvalue weighted by Crippen LogP contribution is -2.49. The van der Waals surface area contributed by atoms with E-state index in [1.807, 2.05) is 0 Å². The van der Waals surface area contributed by atoms with Crippen molar-refractivity contribution in [2.75, 3.05) is 13.7 Å². The summed E-state index contributed by atoms with van der Waals surface area (Å²) in [5.41, 5.74) is -0.920. The van der Waals surface area contributed by atoms with Crippen molar-refractivity contribution < 1.29 is 27.5 Å². The average molecular weight is 438 g/mol. The Labute approximate surface area is 176 Å². The number of nitrogens with zero attached hydrogens (tertiary/aromatic N) is 1. The Kier molecular flexibility index (Phi) is 7.81. The Hall–Kier alpha value is -2.64. The highest BCUT2D eigenvalue weighted by Gasteiger charge is 2.36. The van der Waals surface area contributed by atoms with Gasteiger partial charge in [0.25, 0.3) is 5.91 Å². The number of rotatable bonds is 9. The fourth-order valence-corrected chi connectivity index (χ4v) is 4.55. The van der Waals surface area contributed by atoms with Gasteiger partial charge < -0.3 is 14.8 Å². The van der Waals surface area contributed by atoms with E-state index in [0.29, 0.717) is 18.6 Å². The third kappa shape index (κ3) is 5.93. The average Bonchev–Trinajstić information content (AvgIpc) is 3.19. The normalized spacial score (nSPS) is 16.5. The monoisotopic (exact) mass is 437 g/mol. The number of esters is 1. The highest BCUT2D eigenvalue weighted by Crippen LogP contribution is 2.28. The number of nitriles is 1. The van der Waals surface area contributed by atoms with Crippen LogP contribution in [0, 0.1) is 17.2 Å². The van der Waals surface area contributed by atoms with Gasteiger partial charge in [-0.3, -0.25) is 9.59 Å². The van der Waals surface area contributed by atoms with Crippen LogP contribution in [0.3, 0.4) is 0 Å². The Morgan fingerprint density at radius 1 is 1.20 bits per heavy atom. The summed E-state index contributed by atoms with van der Waals surface area (Å²) in [4.78, 5) is 24.6. The Bertz CT molecular complexity index is 899. The third-order valence-electron chi connectivity index (χ3n) is 4.97. The van der Waals surface area contributed by atoms with E-state index >= 15 is 0 Å². The summed E-state index contributed by atoms with van der Waals surface area (Å²) < 4.78 is 37.6. The molecule has 1 aromatic rings. The van der Waals surface area contributed by atoms with Crippen LogP contribution >= 0.6 is 0 Å². The van der Waals surface area contributed by atoms with Crippen molar-refractivity contribution in [2.45, 2.75) is 56.0 Å². The van der Waals surface area contributed by atoms with Gasteiger partial charge in [-0.1, -0.05) is 13.8 Å². The van der Waals surface area contributed by atoms with Crippen molar-refractivity contribution in [3.8, 4) is 11.8 Å². The molecule has 2 N–H and O–H groups in total. The van der Waals surface area contributed by atoms with Crippen molar-refractivity contribution in [1.29, 1.82) is 5.26 Å². The number of amides is 1. The molecule has 1 aromatic carbocycles. The quantitative estimate of drug-likeness (QED) is 0.559. The zero-order valence-electron chi connectivity index (χ0n) is 17.3. The third-order valence-corrected chi connectivity index (χ3v) is 6.42. The van der Waals surface area contributed by atoms with Gasteiger partial charge in [0, 0.05) is 0 Å². The van der Waals surface area contributed by atoms with E-state index in [1.165, 1.54) is 31.4 Å². The first kappa shape index (κ1) is 23.6. The molecule has 1 aliphatic carbocycles. The smallest absolute Gasteiger partial charge is 0.324 e. The zero-order valence-corrected chi connectivity index (χ0v) is 18.1. The maximum Gasteiger partial charge on any atom is 0.324 e. The molecule has 164 valence electrons. The van der Waals surface area contributed by atoms with Gasteiger partial charge in [-0.05, 0) is 55.9 Å². The second-order valence-electron chi connectivity index (χ2n) is 7.58. The number of carbonyl (C=O) groups excluding carboxylic acids is 2. The number of nitrogens with one attached hydrogen (secondary N) is 2. The molecule has 0 spiro atoms. The number of sulfonamides is 1. The van der Waals surface area contributed by atoms with Crippen LogP contribution in [0.25, 0.3) is 0 Å². The Morgan fingerprint density at radius 2 is 1.80 bits per heavy atom. The number of carbonyl (C=O) groups is 2. The van der Waals surface area contributed by atoms with Gasteiger partial charge in [0.1, 0.15) is 17.3 Å². The second-order valence-corrected chi connectivity index (χ2v) is 9.29. The molecule has 2 rings (SSSR count). The molecule has 1 atom stereocenters. The highest BCUT2D eigenvalue weighted by molar-refractivity contribution is 7.89. The molecular formula is C20H27N3O6S. The number of benzene rings is 1. The van der Waals surface area contributed by atoms with Crippen molar-refractivity contribution >= 4 is 21.9 Å². The summed E-state index contributed by atoms with van der Waals surface area (Å²) in [6.07, 6.45) is 2.80. The largest absolute Gasteiger partial charge is 0.497 e. The standard InChI is InChI=1S/C20H27N3O6S/c1-14(2)18(23-30(26,27)16-8-6-15(28-3)7-9-16)19(25)29-12-17(24)22-20(13-21)10-4-5-11-20/h6-9,14,18,23H,4-5,10-12H2,1-3H3,(H,22,24)/t18-/m0/s1. The molecule has 1 fully saturated rings. The molecule has 1 saturated carbocycles. The van der Waals surface area contributed by atoms with E-state index < -0.39 is 46.0 Å². The molecule has 10 heteroatoms. The van der Waals surface area contributed by atoms with E-state index in [-0.39, 0.29) is 4.90 Å². The SMILES string of the molecule is COc1ccc(S(=O)(=O)N[C@H](C(=O)OCC(=O)NC2(C#N)CCCC2)C(C)C)cc1. The van der Waals surface area contributed by atoms with Gasteiger partial charge in [0.05, 0.1) is 18.1 Å². The number of ether oxygens (including phenoxy) is 2. The molecule has 0 heterocycles. The summed E-state index contributed by atoms with van der Waals surface area (Å²) in [5, 5.41) is 11.9. The van der Waals surface area contributed by atoms with E-state index in [9.17, 15) is 23.3 Å². The maximum absolute atomic E-state index is 12.6. The molecule has 1 aliphatic rings. The van der Waals surface area contributed by atoms with Crippen LogP contribution in [0.2, 0.25) is 0 Å². The van der Waals surface area contributed by atoms with Gasteiger partial charge in [0.15, 0.2) is 6.61 Å². The molecular weight excluding hydrogens is 410 g/mol. The van der Waals surface area contributed by atoms with Crippen molar-refractivity contribution in [1.82, 2.24) is 10.0 Å². The first-order valence-electron chi connectivity index (χ1n) is 9.68. The van der Waals surface area contributed by atoms with E-state index in [0.717, 1.165) is 12.8 Å². The zero-order chi connectivity index (χ0) is 22.4. The summed E-state index contributed by atoms with van der Waals surface area (Å²) in [5.74, 6) is -1.38. The molecule has 0 unspecified atom stereocenters. The summed E-state index contributed by atoms with van der Waals surface area (Å²) in [6.45, 7) is 2.73. The predicted molar refractivity (Wildman–Crippen MR) is 108 cm³/mol. The number of hydrogen-bond acceptors (Lipinski definition) is 7.